The Bertz CT molecular complexity index is 1060. The summed E-state index contributed by atoms with van der Waals surface area (Å²) in [6, 6.07) is 15.6. The van der Waals surface area contributed by atoms with Gasteiger partial charge in [0.05, 0.1) is 23.5 Å². The summed E-state index contributed by atoms with van der Waals surface area (Å²) in [5, 5.41) is 9.70. The summed E-state index contributed by atoms with van der Waals surface area (Å²) in [6.45, 7) is 0. The van der Waals surface area contributed by atoms with Crippen LogP contribution < -0.4 is 5.32 Å². The van der Waals surface area contributed by atoms with Gasteiger partial charge in [-0.25, -0.2) is 9.37 Å². The summed E-state index contributed by atoms with van der Waals surface area (Å²) in [5.41, 5.74) is 1.88. The number of imidazole rings is 1. The number of rotatable bonds is 6. The molecule has 0 fully saturated rings. The third-order valence-electron chi connectivity index (χ3n) is 4.49. The number of nitrogens with one attached hydrogen (secondary N) is 3. The highest BCUT2D eigenvalue weighted by molar-refractivity contribution is 6.00. The minimum Gasteiger partial charge on any atom is -0.349 e. The maximum absolute atomic E-state index is 14.2. The topological polar surface area (TPSA) is 86.5 Å². The number of aromatic nitrogens is 4. The first-order valence-electron chi connectivity index (χ1n) is 8.84. The van der Waals surface area contributed by atoms with Crippen LogP contribution in [-0.4, -0.2) is 26.1 Å². The van der Waals surface area contributed by atoms with Gasteiger partial charge in [-0.2, -0.15) is 5.10 Å². The van der Waals surface area contributed by atoms with Gasteiger partial charge in [0, 0.05) is 24.4 Å². The van der Waals surface area contributed by atoms with E-state index in [2.05, 4.69) is 25.5 Å². The van der Waals surface area contributed by atoms with E-state index in [9.17, 15) is 9.18 Å². The van der Waals surface area contributed by atoms with Crippen LogP contribution in [0.4, 0.5) is 4.39 Å². The number of halogens is 1. The Morgan fingerprint density at radius 2 is 1.89 bits per heavy atom. The molecule has 7 heteroatoms. The number of carbonyl (C=O) groups is 1. The lowest BCUT2D eigenvalue weighted by atomic mass is 10.0. The second kappa shape index (κ2) is 7.87. The Morgan fingerprint density at radius 3 is 2.64 bits per heavy atom. The first-order valence-corrected chi connectivity index (χ1v) is 8.84. The monoisotopic (exact) mass is 375 g/mol. The van der Waals surface area contributed by atoms with Gasteiger partial charge in [-0.3, -0.25) is 9.89 Å². The highest BCUT2D eigenvalue weighted by Gasteiger charge is 2.22. The van der Waals surface area contributed by atoms with Crippen LogP contribution in [0.15, 0.2) is 73.2 Å². The van der Waals surface area contributed by atoms with Crippen molar-refractivity contribution >= 4 is 5.91 Å². The van der Waals surface area contributed by atoms with Crippen LogP contribution in [0.2, 0.25) is 0 Å². The molecule has 4 aromatic rings. The molecule has 0 bridgehead atoms. The normalized spacial score (nSPS) is 11.9. The molecular weight excluding hydrogens is 357 g/mol. The van der Waals surface area contributed by atoms with Gasteiger partial charge in [0.25, 0.3) is 5.91 Å². The van der Waals surface area contributed by atoms with E-state index in [4.69, 9.17) is 0 Å². The van der Waals surface area contributed by atoms with Crippen LogP contribution in [0, 0.1) is 5.82 Å². The molecule has 140 valence electrons. The van der Waals surface area contributed by atoms with Gasteiger partial charge in [0.1, 0.15) is 11.6 Å². The zero-order chi connectivity index (χ0) is 19.3. The standard InChI is InChI=1S/C21H18FN5O/c22-17-9-5-4-8-15(17)20-16(13-25-27-20)21(28)26-18(12-19-23-10-11-24-19)14-6-2-1-3-7-14/h1-11,13,18H,12H2,(H,23,24)(H,25,27)(H,26,28). The van der Waals surface area contributed by atoms with Crippen molar-refractivity contribution < 1.29 is 9.18 Å². The van der Waals surface area contributed by atoms with Gasteiger partial charge in [-0.15, -0.1) is 0 Å². The molecule has 0 aliphatic carbocycles. The molecule has 0 aliphatic rings. The number of nitrogens with zero attached hydrogens (tertiary/aromatic N) is 2. The van der Waals surface area contributed by atoms with Crippen LogP contribution in [0.5, 0.6) is 0 Å². The zero-order valence-corrected chi connectivity index (χ0v) is 14.9. The summed E-state index contributed by atoms with van der Waals surface area (Å²) in [4.78, 5) is 20.3. The molecule has 0 saturated carbocycles. The van der Waals surface area contributed by atoms with Crippen molar-refractivity contribution in [2.75, 3.05) is 0 Å². The lowest BCUT2D eigenvalue weighted by molar-refractivity contribution is 0.0937. The van der Waals surface area contributed by atoms with Crippen LogP contribution in [0.3, 0.4) is 0 Å². The molecule has 1 atom stereocenters. The third kappa shape index (κ3) is 3.68. The Morgan fingerprint density at radius 1 is 1.11 bits per heavy atom. The van der Waals surface area contributed by atoms with Gasteiger partial charge in [0.2, 0.25) is 0 Å². The third-order valence-corrected chi connectivity index (χ3v) is 4.49. The predicted octanol–water partition coefficient (Wildman–Crippen LogP) is 3.65. The van der Waals surface area contributed by atoms with Crippen LogP contribution in [-0.2, 0) is 6.42 Å². The minimum atomic E-state index is -0.420. The molecule has 4 rings (SSSR count). The largest absolute Gasteiger partial charge is 0.349 e. The lowest BCUT2D eigenvalue weighted by Gasteiger charge is -2.18. The van der Waals surface area contributed by atoms with Crippen LogP contribution in [0.25, 0.3) is 11.3 Å². The molecule has 2 aromatic heterocycles. The van der Waals surface area contributed by atoms with Crippen LogP contribution >= 0.6 is 0 Å². The highest BCUT2D eigenvalue weighted by atomic mass is 19.1. The van der Waals surface area contributed by atoms with Gasteiger partial charge in [0.15, 0.2) is 0 Å². The second-order valence-electron chi connectivity index (χ2n) is 6.32. The molecule has 6 nitrogen and oxygen atoms in total. The van der Waals surface area contributed by atoms with E-state index in [1.54, 1.807) is 30.6 Å². The maximum atomic E-state index is 14.2. The van der Waals surface area contributed by atoms with Crippen molar-refractivity contribution in [2.24, 2.45) is 0 Å². The highest BCUT2D eigenvalue weighted by Crippen LogP contribution is 2.25. The van der Waals surface area contributed by atoms with E-state index in [0.29, 0.717) is 17.7 Å². The van der Waals surface area contributed by atoms with Crippen LogP contribution in [0.1, 0.15) is 27.8 Å². The van der Waals surface area contributed by atoms with E-state index in [-0.39, 0.29) is 17.5 Å². The fraction of sp³-hybridized carbons (Fsp3) is 0.0952. The Kier molecular flexibility index (Phi) is 4.97. The summed E-state index contributed by atoms with van der Waals surface area (Å²) in [7, 11) is 0. The quantitative estimate of drug-likeness (QED) is 0.481. The number of amides is 1. The lowest BCUT2D eigenvalue weighted by Crippen LogP contribution is -2.30. The maximum Gasteiger partial charge on any atom is 0.255 e. The SMILES string of the molecule is O=C(NC(Cc1ncc[nH]1)c1ccccc1)c1cn[nH]c1-c1ccccc1F. The summed E-state index contributed by atoms with van der Waals surface area (Å²) >= 11 is 0. The molecule has 0 radical (unpaired) electrons. The Labute approximate surface area is 160 Å². The van der Waals surface area contributed by atoms with E-state index in [0.717, 1.165) is 11.4 Å². The van der Waals surface area contributed by atoms with E-state index in [1.807, 2.05) is 30.3 Å². The molecule has 0 saturated heterocycles. The molecule has 1 unspecified atom stereocenters. The first-order chi connectivity index (χ1) is 13.7. The molecule has 3 N–H and O–H groups in total. The summed E-state index contributed by atoms with van der Waals surface area (Å²) in [5.74, 6) is -0.000851. The average Bonchev–Trinajstić information content (AvgIpc) is 3.40. The number of hydrogen-bond donors (Lipinski definition) is 3. The fourth-order valence-corrected chi connectivity index (χ4v) is 3.10. The van der Waals surface area contributed by atoms with Crippen molar-refractivity contribution in [1.29, 1.82) is 0 Å². The fourth-order valence-electron chi connectivity index (χ4n) is 3.10. The van der Waals surface area contributed by atoms with E-state index < -0.39 is 5.82 Å². The van der Waals surface area contributed by atoms with Gasteiger partial charge < -0.3 is 10.3 Å². The Hall–Kier alpha value is -3.74. The number of hydrogen-bond acceptors (Lipinski definition) is 3. The molecule has 28 heavy (non-hydrogen) atoms. The van der Waals surface area contributed by atoms with E-state index in [1.165, 1.54) is 12.3 Å². The summed E-state index contributed by atoms with van der Waals surface area (Å²) in [6.07, 6.45) is 5.32. The molecule has 2 aromatic carbocycles. The van der Waals surface area contributed by atoms with Gasteiger partial charge in [-0.05, 0) is 17.7 Å². The van der Waals surface area contributed by atoms with Gasteiger partial charge in [-0.1, -0.05) is 42.5 Å². The molecule has 1 amide bonds. The number of benzene rings is 2. The average molecular weight is 375 g/mol. The summed E-state index contributed by atoms with van der Waals surface area (Å²) < 4.78 is 14.2. The first kappa shape index (κ1) is 17.7. The second-order valence-corrected chi connectivity index (χ2v) is 6.32. The van der Waals surface area contributed by atoms with Crippen molar-refractivity contribution in [3.05, 3.63) is 96.0 Å². The van der Waals surface area contributed by atoms with Crippen molar-refractivity contribution in [1.82, 2.24) is 25.5 Å². The molecule has 0 spiro atoms. The smallest absolute Gasteiger partial charge is 0.255 e. The Balaban J connectivity index is 1.62. The zero-order valence-electron chi connectivity index (χ0n) is 14.9. The predicted molar refractivity (Wildman–Crippen MR) is 103 cm³/mol. The molecule has 2 heterocycles. The van der Waals surface area contributed by atoms with Gasteiger partial charge >= 0.3 is 0 Å². The molecular formula is C21H18FN5O. The number of aromatic amines is 2. The molecule has 0 aliphatic heterocycles. The van der Waals surface area contributed by atoms with E-state index >= 15 is 0 Å². The van der Waals surface area contributed by atoms with Crippen molar-refractivity contribution in [3.8, 4) is 11.3 Å². The van der Waals surface area contributed by atoms with Crippen molar-refractivity contribution in [2.45, 2.75) is 12.5 Å². The number of carbonyl (C=O) groups excluding carboxylic acids is 1. The van der Waals surface area contributed by atoms with Crippen molar-refractivity contribution in [3.63, 3.8) is 0 Å². The number of H-pyrrole nitrogens is 2. The minimum absolute atomic E-state index is 0.283.